The zero-order valence-corrected chi connectivity index (χ0v) is 12.9. The lowest BCUT2D eigenvalue weighted by atomic mass is 10.1. The number of carbonyl (C=O) groups excluding carboxylic acids is 1. The molecule has 0 bridgehead atoms. The lowest BCUT2D eigenvalue weighted by molar-refractivity contribution is -0.402. The van der Waals surface area contributed by atoms with E-state index in [0.29, 0.717) is 6.42 Å². The van der Waals surface area contributed by atoms with Crippen molar-refractivity contribution in [3.8, 4) is 0 Å². The summed E-state index contributed by atoms with van der Waals surface area (Å²) in [5, 5.41) is 14.1. The predicted octanol–water partition coefficient (Wildman–Crippen LogP) is 2.53. The van der Waals surface area contributed by atoms with E-state index in [2.05, 4.69) is 42.4 Å². The first kappa shape index (κ1) is 14.2. The summed E-state index contributed by atoms with van der Waals surface area (Å²) in [7, 11) is 0. The molecule has 1 amide bonds. The summed E-state index contributed by atoms with van der Waals surface area (Å²) < 4.78 is 4.46. The molecule has 1 aromatic heterocycles. The summed E-state index contributed by atoms with van der Waals surface area (Å²) in [6.07, 6.45) is 1.86. The molecule has 102 valence electrons. The van der Waals surface area contributed by atoms with Gasteiger partial charge in [-0.2, -0.15) is 5.10 Å². The first-order valence-corrected chi connectivity index (χ1v) is 6.80. The molecule has 0 radical (unpaired) electrons. The van der Waals surface area contributed by atoms with Crippen molar-refractivity contribution < 1.29 is 14.1 Å². The lowest BCUT2D eigenvalue weighted by Gasteiger charge is -2.09. The SMILES string of the molecule is CC1(C(=O)NN=Cc2ccc([N+](=O)[O-])o2)CC1(Br)Br. The zero-order valence-electron chi connectivity index (χ0n) is 9.72. The van der Waals surface area contributed by atoms with Gasteiger partial charge in [0, 0.05) is 0 Å². The van der Waals surface area contributed by atoms with Gasteiger partial charge in [0.2, 0.25) is 5.91 Å². The Kier molecular flexibility index (Phi) is 3.52. The van der Waals surface area contributed by atoms with Gasteiger partial charge in [-0.25, -0.2) is 5.43 Å². The van der Waals surface area contributed by atoms with Gasteiger partial charge in [0.25, 0.3) is 0 Å². The van der Waals surface area contributed by atoms with E-state index < -0.39 is 13.6 Å². The molecule has 1 fully saturated rings. The number of rotatable bonds is 4. The van der Waals surface area contributed by atoms with E-state index in [1.54, 1.807) is 6.92 Å². The third-order valence-electron chi connectivity index (χ3n) is 2.91. The Balaban J connectivity index is 1.93. The minimum absolute atomic E-state index is 0.192. The van der Waals surface area contributed by atoms with E-state index in [9.17, 15) is 14.9 Å². The summed E-state index contributed by atoms with van der Waals surface area (Å²) in [4.78, 5) is 21.6. The Bertz CT molecular complexity index is 569. The fourth-order valence-electron chi connectivity index (χ4n) is 1.43. The molecule has 1 saturated carbocycles. The quantitative estimate of drug-likeness (QED) is 0.367. The third kappa shape index (κ3) is 2.71. The first-order chi connectivity index (χ1) is 8.76. The smallest absolute Gasteiger partial charge is 0.400 e. The molecule has 1 aromatic rings. The monoisotopic (exact) mass is 393 g/mol. The molecule has 7 nitrogen and oxygen atoms in total. The van der Waals surface area contributed by atoms with Crippen LogP contribution in [-0.4, -0.2) is 20.3 Å². The van der Waals surface area contributed by atoms with Crippen molar-refractivity contribution in [1.29, 1.82) is 0 Å². The largest absolute Gasteiger partial charge is 0.433 e. The van der Waals surface area contributed by atoms with Crippen LogP contribution in [0.4, 0.5) is 5.88 Å². The highest BCUT2D eigenvalue weighted by atomic mass is 79.9. The highest BCUT2D eigenvalue weighted by Crippen LogP contribution is 2.66. The maximum Gasteiger partial charge on any atom is 0.433 e. The van der Waals surface area contributed by atoms with Crippen LogP contribution in [0.2, 0.25) is 0 Å². The first-order valence-electron chi connectivity index (χ1n) is 5.22. The normalized spacial score (nSPS) is 24.4. The zero-order chi connectivity index (χ0) is 14.3. The van der Waals surface area contributed by atoms with E-state index in [1.165, 1.54) is 18.3 Å². The maximum atomic E-state index is 11.8. The molecule has 1 aliphatic rings. The van der Waals surface area contributed by atoms with Crippen LogP contribution in [0, 0.1) is 15.5 Å². The Labute approximate surface area is 124 Å². The Morgan fingerprint density at radius 1 is 1.63 bits per heavy atom. The number of hydrogen-bond acceptors (Lipinski definition) is 5. The molecule has 1 N–H and O–H groups in total. The van der Waals surface area contributed by atoms with Crippen LogP contribution in [0.25, 0.3) is 0 Å². The average molecular weight is 395 g/mol. The van der Waals surface area contributed by atoms with Crippen molar-refractivity contribution in [1.82, 2.24) is 5.43 Å². The van der Waals surface area contributed by atoms with Crippen molar-refractivity contribution in [2.75, 3.05) is 0 Å². The van der Waals surface area contributed by atoms with Gasteiger partial charge in [-0.05, 0) is 19.4 Å². The highest BCUT2D eigenvalue weighted by molar-refractivity contribution is 9.25. The van der Waals surface area contributed by atoms with Gasteiger partial charge >= 0.3 is 5.88 Å². The van der Waals surface area contributed by atoms with E-state index in [-0.39, 0.29) is 17.6 Å². The van der Waals surface area contributed by atoms with Crippen LogP contribution in [-0.2, 0) is 4.79 Å². The Hall–Kier alpha value is -1.22. The van der Waals surface area contributed by atoms with Crippen molar-refractivity contribution in [2.24, 2.45) is 10.5 Å². The molecule has 9 heteroatoms. The van der Waals surface area contributed by atoms with Crippen molar-refractivity contribution in [2.45, 2.75) is 16.6 Å². The number of hydrazone groups is 1. The minimum atomic E-state index is -0.648. The van der Waals surface area contributed by atoms with Crippen LogP contribution in [0.5, 0.6) is 0 Å². The Morgan fingerprint density at radius 2 is 2.26 bits per heavy atom. The second-order valence-electron chi connectivity index (χ2n) is 4.35. The molecular formula is C10H9Br2N3O4. The van der Waals surface area contributed by atoms with Gasteiger partial charge in [-0.1, -0.05) is 31.9 Å². The van der Waals surface area contributed by atoms with Gasteiger partial charge in [-0.3, -0.25) is 14.9 Å². The van der Waals surface area contributed by atoms with Gasteiger partial charge in [0.05, 0.1) is 20.9 Å². The fourth-order valence-corrected chi connectivity index (χ4v) is 2.92. The van der Waals surface area contributed by atoms with E-state index in [1.807, 2.05) is 0 Å². The number of nitro groups is 1. The molecule has 1 unspecified atom stereocenters. The number of carbonyl (C=O) groups is 1. The van der Waals surface area contributed by atoms with Gasteiger partial charge in [0.15, 0.2) is 5.76 Å². The molecule has 0 aliphatic heterocycles. The molecular weight excluding hydrogens is 386 g/mol. The standard InChI is InChI=1S/C10H9Br2N3O4/c1-9(5-10(9,11)12)8(16)14-13-4-6-2-3-7(19-6)15(17)18/h2-4H,5H2,1H3,(H,14,16). The van der Waals surface area contributed by atoms with Crippen LogP contribution in [0.3, 0.4) is 0 Å². The van der Waals surface area contributed by atoms with Gasteiger partial charge < -0.3 is 4.42 Å². The number of nitrogens with zero attached hydrogens (tertiary/aromatic N) is 2. The number of halogens is 2. The maximum absolute atomic E-state index is 11.8. The molecule has 1 atom stereocenters. The van der Waals surface area contributed by atoms with Crippen LogP contribution in [0.1, 0.15) is 19.1 Å². The summed E-state index contributed by atoms with van der Waals surface area (Å²) >= 11 is 6.75. The molecule has 19 heavy (non-hydrogen) atoms. The van der Waals surface area contributed by atoms with Crippen LogP contribution >= 0.6 is 31.9 Å². The van der Waals surface area contributed by atoms with E-state index >= 15 is 0 Å². The minimum Gasteiger partial charge on any atom is -0.400 e. The average Bonchev–Trinajstić information content (AvgIpc) is 2.70. The van der Waals surface area contributed by atoms with Crippen molar-refractivity contribution >= 4 is 49.9 Å². The molecule has 1 aliphatic carbocycles. The number of alkyl halides is 2. The number of amides is 1. The number of furan rings is 1. The summed E-state index contributed by atoms with van der Waals surface area (Å²) in [6.45, 7) is 1.79. The second-order valence-corrected chi connectivity index (χ2v) is 8.12. The molecule has 0 aromatic carbocycles. The molecule has 0 spiro atoms. The van der Waals surface area contributed by atoms with Crippen molar-refractivity contribution in [3.05, 3.63) is 28.0 Å². The van der Waals surface area contributed by atoms with E-state index in [4.69, 9.17) is 4.42 Å². The fraction of sp³-hybridized carbons (Fsp3) is 0.400. The highest BCUT2D eigenvalue weighted by Gasteiger charge is 2.66. The lowest BCUT2D eigenvalue weighted by Crippen LogP contribution is -2.29. The molecule has 2 rings (SSSR count). The van der Waals surface area contributed by atoms with Gasteiger partial charge in [0.1, 0.15) is 4.92 Å². The third-order valence-corrected chi connectivity index (χ3v) is 5.22. The summed E-state index contributed by atoms with van der Waals surface area (Å²) in [5.41, 5.74) is 1.80. The molecule has 0 saturated heterocycles. The molecule has 1 heterocycles. The topological polar surface area (TPSA) is 97.7 Å². The van der Waals surface area contributed by atoms with Crippen LogP contribution in [0.15, 0.2) is 21.7 Å². The summed E-state index contributed by atoms with van der Waals surface area (Å²) in [6, 6.07) is 2.61. The summed E-state index contributed by atoms with van der Waals surface area (Å²) in [5.74, 6) is -0.433. The number of hydrogen-bond donors (Lipinski definition) is 1. The Morgan fingerprint density at radius 3 is 2.74 bits per heavy atom. The van der Waals surface area contributed by atoms with E-state index in [0.717, 1.165) is 0 Å². The van der Waals surface area contributed by atoms with Crippen molar-refractivity contribution in [3.63, 3.8) is 0 Å². The van der Waals surface area contributed by atoms with Gasteiger partial charge in [-0.15, -0.1) is 0 Å². The second kappa shape index (κ2) is 4.71. The van der Waals surface area contributed by atoms with Crippen LogP contribution < -0.4 is 5.43 Å². The predicted molar refractivity (Wildman–Crippen MR) is 74.4 cm³/mol. The number of nitrogens with one attached hydrogen (secondary N) is 1.